The van der Waals surface area contributed by atoms with E-state index < -0.39 is 0 Å². The number of thiophene rings is 1. The van der Waals surface area contributed by atoms with Crippen molar-refractivity contribution in [2.24, 2.45) is 0 Å². The van der Waals surface area contributed by atoms with Crippen molar-refractivity contribution >= 4 is 27.1 Å². The number of anilines is 1. The van der Waals surface area contributed by atoms with Gasteiger partial charge in [0.05, 0.1) is 4.70 Å². The highest BCUT2D eigenvalue weighted by molar-refractivity contribution is 7.17. The van der Waals surface area contributed by atoms with Crippen LogP contribution >= 0.6 is 11.3 Å². The molecule has 0 atom stereocenters. The lowest BCUT2D eigenvalue weighted by Gasteiger charge is -1.98. The molecule has 0 radical (unpaired) electrons. The zero-order valence-corrected chi connectivity index (χ0v) is 7.41. The van der Waals surface area contributed by atoms with E-state index in [2.05, 4.69) is 0 Å². The minimum atomic E-state index is -0.167. The Hall–Kier alpha value is -1.09. The van der Waals surface area contributed by atoms with Gasteiger partial charge in [0.2, 0.25) is 0 Å². The first-order valence-corrected chi connectivity index (χ1v) is 4.50. The van der Waals surface area contributed by atoms with Crippen LogP contribution in [0.5, 0.6) is 0 Å². The van der Waals surface area contributed by atoms with Crippen LogP contribution in [0.15, 0.2) is 17.5 Å². The molecule has 1 aromatic heterocycles. The SMILES string of the molecule is Cc1ccc(N)c2scc(F)c12. The van der Waals surface area contributed by atoms with Crippen molar-refractivity contribution in [2.75, 3.05) is 5.73 Å². The third-order valence-electron chi connectivity index (χ3n) is 1.92. The van der Waals surface area contributed by atoms with Crippen LogP contribution in [0.2, 0.25) is 0 Å². The normalized spacial score (nSPS) is 10.8. The van der Waals surface area contributed by atoms with E-state index in [1.807, 2.05) is 19.1 Å². The number of nitrogen functional groups attached to an aromatic ring is 1. The van der Waals surface area contributed by atoms with Crippen LogP contribution in [0.3, 0.4) is 0 Å². The van der Waals surface area contributed by atoms with Crippen LogP contribution in [0.1, 0.15) is 5.56 Å². The highest BCUT2D eigenvalue weighted by atomic mass is 32.1. The molecule has 1 nitrogen and oxygen atoms in total. The van der Waals surface area contributed by atoms with Crippen molar-refractivity contribution < 1.29 is 4.39 Å². The summed E-state index contributed by atoms with van der Waals surface area (Å²) in [5.41, 5.74) is 7.28. The summed E-state index contributed by atoms with van der Waals surface area (Å²) in [4.78, 5) is 0. The number of fused-ring (bicyclic) bond motifs is 1. The van der Waals surface area contributed by atoms with E-state index in [1.165, 1.54) is 16.7 Å². The van der Waals surface area contributed by atoms with Crippen LogP contribution in [0.4, 0.5) is 10.1 Å². The van der Waals surface area contributed by atoms with E-state index in [4.69, 9.17) is 5.73 Å². The van der Waals surface area contributed by atoms with E-state index in [-0.39, 0.29) is 5.82 Å². The monoisotopic (exact) mass is 181 g/mol. The summed E-state index contributed by atoms with van der Waals surface area (Å²) in [6.07, 6.45) is 0. The molecule has 2 aromatic rings. The van der Waals surface area contributed by atoms with Crippen LogP contribution in [0, 0.1) is 12.7 Å². The second kappa shape index (κ2) is 2.45. The lowest BCUT2D eigenvalue weighted by Crippen LogP contribution is -1.85. The first-order valence-electron chi connectivity index (χ1n) is 3.62. The Morgan fingerprint density at radius 2 is 2.17 bits per heavy atom. The second-order valence-corrected chi connectivity index (χ2v) is 3.64. The number of nitrogens with two attached hydrogens (primary N) is 1. The van der Waals surface area contributed by atoms with Crippen molar-refractivity contribution in [3.8, 4) is 0 Å². The van der Waals surface area contributed by atoms with Gasteiger partial charge >= 0.3 is 0 Å². The van der Waals surface area contributed by atoms with Gasteiger partial charge in [0.25, 0.3) is 0 Å². The molecule has 0 unspecified atom stereocenters. The average molecular weight is 181 g/mol. The molecule has 12 heavy (non-hydrogen) atoms. The average Bonchev–Trinajstić information content (AvgIpc) is 2.42. The van der Waals surface area contributed by atoms with E-state index in [0.717, 1.165) is 10.3 Å². The number of benzene rings is 1. The standard InChI is InChI=1S/C9H8FNS/c1-5-2-3-7(11)9-8(5)6(10)4-12-9/h2-4H,11H2,1H3. The van der Waals surface area contributed by atoms with Crippen molar-refractivity contribution in [3.05, 3.63) is 28.9 Å². The molecule has 62 valence electrons. The number of aryl methyl sites for hydroxylation is 1. The van der Waals surface area contributed by atoms with E-state index in [1.54, 1.807) is 0 Å². The van der Waals surface area contributed by atoms with Crippen molar-refractivity contribution in [2.45, 2.75) is 6.92 Å². The molecule has 1 aromatic carbocycles. The summed E-state index contributed by atoms with van der Waals surface area (Å²) < 4.78 is 14.0. The smallest absolute Gasteiger partial charge is 0.142 e. The first kappa shape index (κ1) is 7.55. The molecule has 2 rings (SSSR count). The topological polar surface area (TPSA) is 26.0 Å². The third-order valence-corrected chi connectivity index (χ3v) is 2.92. The Morgan fingerprint density at radius 3 is 2.83 bits per heavy atom. The zero-order chi connectivity index (χ0) is 8.72. The lowest BCUT2D eigenvalue weighted by molar-refractivity contribution is 0.644. The van der Waals surface area contributed by atoms with Gasteiger partial charge in [-0.2, -0.15) is 0 Å². The zero-order valence-electron chi connectivity index (χ0n) is 6.60. The molecule has 0 spiro atoms. The summed E-state index contributed by atoms with van der Waals surface area (Å²) >= 11 is 1.35. The van der Waals surface area contributed by atoms with Gasteiger partial charge in [0, 0.05) is 16.5 Å². The lowest BCUT2D eigenvalue weighted by atomic mass is 10.1. The fourth-order valence-corrected chi connectivity index (χ4v) is 2.21. The molecule has 0 saturated heterocycles. The summed E-state index contributed by atoms with van der Waals surface area (Å²) in [5.74, 6) is -0.167. The maximum absolute atomic E-state index is 13.1. The molecule has 0 aliphatic heterocycles. The van der Waals surface area contributed by atoms with Crippen LogP contribution in [0.25, 0.3) is 10.1 Å². The summed E-state index contributed by atoms with van der Waals surface area (Å²) in [7, 11) is 0. The molecule has 0 saturated carbocycles. The van der Waals surface area contributed by atoms with Gasteiger partial charge in [0.1, 0.15) is 5.82 Å². The molecule has 2 N–H and O–H groups in total. The van der Waals surface area contributed by atoms with Crippen molar-refractivity contribution in [3.63, 3.8) is 0 Å². The molecule has 0 fully saturated rings. The number of hydrogen-bond acceptors (Lipinski definition) is 2. The van der Waals surface area contributed by atoms with Crippen LogP contribution in [-0.4, -0.2) is 0 Å². The van der Waals surface area contributed by atoms with Crippen LogP contribution < -0.4 is 5.73 Å². The number of hydrogen-bond donors (Lipinski definition) is 1. The van der Waals surface area contributed by atoms with Crippen molar-refractivity contribution in [1.82, 2.24) is 0 Å². The maximum atomic E-state index is 13.1. The first-order chi connectivity index (χ1) is 5.70. The highest BCUT2D eigenvalue weighted by Gasteiger charge is 2.07. The van der Waals surface area contributed by atoms with Crippen molar-refractivity contribution in [1.29, 1.82) is 0 Å². The molecule has 1 heterocycles. The molecule has 3 heteroatoms. The van der Waals surface area contributed by atoms with Gasteiger partial charge in [-0.15, -0.1) is 11.3 Å². The minimum absolute atomic E-state index is 0.167. The Kier molecular flexibility index (Phi) is 1.54. The third kappa shape index (κ3) is 0.898. The molecule has 0 aliphatic carbocycles. The van der Waals surface area contributed by atoms with Gasteiger partial charge in [0.15, 0.2) is 0 Å². The highest BCUT2D eigenvalue weighted by Crippen LogP contribution is 2.31. The summed E-state index contributed by atoms with van der Waals surface area (Å²) in [6, 6.07) is 3.65. The Labute approximate surface area is 73.6 Å². The second-order valence-electron chi connectivity index (χ2n) is 2.76. The van der Waals surface area contributed by atoms with Gasteiger partial charge < -0.3 is 5.73 Å². The maximum Gasteiger partial charge on any atom is 0.142 e. The van der Waals surface area contributed by atoms with Gasteiger partial charge in [-0.25, -0.2) is 4.39 Å². The Morgan fingerprint density at radius 1 is 1.42 bits per heavy atom. The summed E-state index contributed by atoms with van der Waals surface area (Å²) in [6.45, 7) is 1.89. The van der Waals surface area contributed by atoms with Gasteiger partial charge in [-0.3, -0.25) is 0 Å². The molecule has 0 aliphatic rings. The summed E-state index contributed by atoms with van der Waals surface area (Å²) in [5, 5.41) is 2.16. The number of rotatable bonds is 0. The molecular formula is C9H8FNS. The Bertz CT molecular complexity index is 433. The predicted molar refractivity (Wildman–Crippen MR) is 50.9 cm³/mol. The van der Waals surface area contributed by atoms with Crippen LogP contribution in [-0.2, 0) is 0 Å². The molecular weight excluding hydrogens is 173 g/mol. The van der Waals surface area contributed by atoms with Gasteiger partial charge in [-0.05, 0) is 18.6 Å². The largest absolute Gasteiger partial charge is 0.398 e. The number of halogens is 1. The fourth-order valence-electron chi connectivity index (χ4n) is 1.29. The van der Waals surface area contributed by atoms with E-state index in [9.17, 15) is 4.39 Å². The predicted octanol–water partition coefficient (Wildman–Crippen LogP) is 2.93. The fraction of sp³-hybridized carbons (Fsp3) is 0.111. The van der Waals surface area contributed by atoms with E-state index in [0.29, 0.717) is 11.1 Å². The van der Waals surface area contributed by atoms with Gasteiger partial charge in [-0.1, -0.05) is 6.07 Å². The Balaban J connectivity index is 2.98. The molecule has 0 bridgehead atoms. The molecule has 0 amide bonds. The quantitative estimate of drug-likeness (QED) is 0.621. The minimum Gasteiger partial charge on any atom is -0.398 e. The van der Waals surface area contributed by atoms with E-state index >= 15 is 0 Å².